The van der Waals surface area contributed by atoms with Crippen LogP contribution in [0.4, 0.5) is 9.59 Å². The number of hydrogen-bond acceptors (Lipinski definition) is 6. The van der Waals surface area contributed by atoms with E-state index in [1.807, 2.05) is 38.1 Å². The van der Waals surface area contributed by atoms with Gasteiger partial charge in [-0.15, -0.1) is 0 Å². The molecule has 0 N–H and O–H groups in total. The Morgan fingerprint density at radius 2 is 0.903 bits per heavy atom. The highest BCUT2D eigenvalue weighted by Gasteiger charge is 2.32. The maximum Gasteiger partial charge on any atom is 0.514 e. The van der Waals surface area contributed by atoms with Gasteiger partial charge < -0.3 is 18.9 Å². The van der Waals surface area contributed by atoms with Crippen molar-refractivity contribution in [3.05, 3.63) is 59.7 Å². The predicted octanol–water partition coefficient (Wildman–Crippen LogP) is 6.64. The minimum absolute atomic E-state index is 0.369. The van der Waals surface area contributed by atoms with Crippen LogP contribution in [-0.2, 0) is 14.9 Å². The average Bonchev–Trinajstić information content (AvgIpc) is 2.59. The number of benzene rings is 2. The Balaban J connectivity index is 2.39. The van der Waals surface area contributed by atoms with Crippen molar-refractivity contribution in [2.24, 2.45) is 0 Å². The van der Waals surface area contributed by atoms with Crippen molar-refractivity contribution < 1.29 is 28.5 Å². The van der Waals surface area contributed by atoms with Gasteiger partial charge in [0.25, 0.3) is 0 Å². The number of rotatable bonds is 4. The highest BCUT2D eigenvalue weighted by Crippen LogP contribution is 2.41. The Morgan fingerprint density at radius 1 is 0.581 bits per heavy atom. The van der Waals surface area contributed by atoms with Crippen LogP contribution in [-0.4, -0.2) is 23.5 Å². The summed E-state index contributed by atoms with van der Waals surface area (Å²) in [7, 11) is 0. The van der Waals surface area contributed by atoms with Gasteiger partial charge in [0.1, 0.15) is 22.7 Å². The molecule has 0 atom stereocenters. The van der Waals surface area contributed by atoms with Crippen LogP contribution in [0.3, 0.4) is 0 Å². The molecular weight excluding hydrogens is 396 g/mol. The van der Waals surface area contributed by atoms with Gasteiger partial charge in [0, 0.05) is 16.5 Å². The summed E-state index contributed by atoms with van der Waals surface area (Å²) in [5.41, 5.74) is -0.538. The van der Waals surface area contributed by atoms with Crippen molar-refractivity contribution in [3.8, 4) is 11.5 Å². The largest absolute Gasteiger partial charge is 0.514 e. The molecule has 6 nitrogen and oxygen atoms in total. The molecule has 0 saturated carbocycles. The van der Waals surface area contributed by atoms with E-state index < -0.39 is 28.9 Å². The molecular formula is C25H32O6. The van der Waals surface area contributed by atoms with Crippen LogP contribution in [0.5, 0.6) is 11.5 Å². The molecule has 0 unspecified atom stereocenters. The summed E-state index contributed by atoms with van der Waals surface area (Å²) in [6, 6.07) is 14.4. The Labute approximate surface area is 184 Å². The van der Waals surface area contributed by atoms with Crippen LogP contribution in [0.2, 0.25) is 0 Å². The van der Waals surface area contributed by atoms with E-state index in [0.29, 0.717) is 11.5 Å². The first kappa shape index (κ1) is 24.3. The summed E-state index contributed by atoms with van der Waals surface area (Å²) in [5, 5.41) is 0. The fourth-order valence-corrected chi connectivity index (χ4v) is 3.01. The SMILES string of the molecule is CC(C)(C)OC(=O)Oc1ccccc1C(C)(C)c1ccccc1OC(=O)OC(C)(C)C. The van der Waals surface area contributed by atoms with Crippen molar-refractivity contribution in [2.45, 2.75) is 72.0 Å². The van der Waals surface area contributed by atoms with Gasteiger partial charge in [-0.25, -0.2) is 9.59 Å². The van der Waals surface area contributed by atoms with Gasteiger partial charge in [0.05, 0.1) is 0 Å². The molecule has 0 aliphatic heterocycles. The molecule has 0 fully saturated rings. The second kappa shape index (κ2) is 9.00. The standard InChI is InChI=1S/C25H32O6/c1-23(2,3)30-21(26)28-19-15-11-9-13-17(19)25(7,8)18-14-10-12-16-20(18)29-22(27)31-24(4,5)6/h9-16H,1-8H3. The van der Waals surface area contributed by atoms with Gasteiger partial charge in [-0.2, -0.15) is 0 Å². The summed E-state index contributed by atoms with van der Waals surface area (Å²) in [5.74, 6) is 0.739. The van der Waals surface area contributed by atoms with Crippen LogP contribution in [0.25, 0.3) is 0 Å². The van der Waals surface area contributed by atoms with Crippen LogP contribution in [0.15, 0.2) is 48.5 Å². The fourth-order valence-electron chi connectivity index (χ4n) is 3.01. The predicted molar refractivity (Wildman–Crippen MR) is 119 cm³/mol. The van der Waals surface area contributed by atoms with Gasteiger partial charge in [-0.05, 0) is 53.7 Å². The summed E-state index contributed by atoms with van der Waals surface area (Å²) in [4.78, 5) is 24.5. The van der Waals surface area contributed by atoms with Gasteiger partial charge >= 0.3 is 12.3 Å². The van der Waals surface area contributed by atoms with E-state index in [1.165, 1.54) is 0 Å². The molecule has 0 amide bonds. The quantitative estimate of drug-likeness (QED) is 0.401. The Bertz CT molecular complexity index is 856. The van der Waals surface area contributed by atoms with Crippen molar-refractivity contribution in [1.29, 1.82) is 0 Å². The van der Waals surface area contributed by atoms with Gasteiger partial charge in [0.15, 0.2) is 0 Å². The Morgan fingerprint density at radius 3 is 1.23 bits per heavy atom. The van der Waals surface area contributed by atoms with E-state index in [2.05, 4.69) is 0 Å². The summed E-state index contributed by atoms with van der Waals surface area (Å²) in [6.45, 7) is 14.6. The van der Waals surface area contributed by atoms with Crippen LogP contribution in [0.1, 0.15) is 66.5 Å². The average molecular weight is 429 g/mol. The maximum atomic E-state index is 12.3. The van der Waals surface area contributed by atoms with Crippen molar-refractivity contribution >= 4 is 12.3 Å². The molecule has 0 aliphatic rings. The van der Waals surface area contributed by atoms with E-state index in [1.54, 1.807) is 65.8 Å². The zero-order valence-electron chi connectivity index (χ0n) is 19.6. The third kappa shape index (κ3) is 7.02. The van der Waals surface area contributed by atoms with Crippen LogP contribution in [0, 0.1) is 0 Å². The second-order valence-electron chi connectivity index (χ2n) is 9.75. The first-order chi connectivity index (χ1) is 14.2. The maximum absolute atomic E-state index is 12.3. The van der Waals surface area contributed by atoms with E-state index >= 15 is 0 Å². The third-order valence-electron chi connectivity index (χ3n) is 4.29. The number of hydrogen-bond donors (Lipinski definition) is 0. The minimum atomic E-state index is -0.783. The van der Waals surface area contributed by atoms with Gasteiger partial charge in [-0.3, -0.25) is 0 Å². The molecule has 0 heterocycles. The van der Waals surface area contributed by atoms with E-state index in [0.717, 1.165) is 11.1 Å². The van der Waals surface area contributed by atoms with Gasteiger partial charge in [-0.1, -0.05) is 50.2 Å². The lowest BCUT2D eigenvalue weighted by Crippen LogP contribution is -2.28. The Kier molecular flexibility index (Phi) is 7.04. The molecule has 2 aromatic carbocycles. The highest BCUT2D eigenvalue weighted by molar-refractivity contribution is 5.67. The first-order valence-corrected chi connectivity index (χ1v) is 10.2. The second-order valence-corrected chi connectivity index (χ2v) is 9.75. The lowest BCUT2D eigenvalue weighted by atomic mass is 9.77. The fraction of sp³-hybridized carbons (Fsp3) is 0.440. The topological polar surface area (TPSA) is 71.1 Å². The van der Waals surface area contributed by atoms with Crippen molar-refractivity contribution in [1.82, 2.24) is 0 Å². The number of carbonyl (C=O) groups is 2. The van der Waals surface area contributed by atoms with Crippen LogP contribution >= 0.6 is 0 Å². The smallest absolute Gasteiger partial charge is 0.428 e. The van der Waals surface area contributed by atoms with E-state index in [9.17, 15) is 9.59 Å². The first-order valence-electron chi connectivity index (χ1n) is 10.2. The van der Waals surface area contributed by atoms with E-state index in [-0.39, 0.29) is 0 Å². The monoisotopic (exact) mass is 428 g/mol. The molecule has 31 heavy (non-hydrogen) atoms. The molecule has 0 spiro atoms. The van der Waals surface area contributed by atoms with Crippen molar-refractivity contribution in [3.63, 3.8) is 0 Å². The summed E-state index contributed by atoms with van der Waals surface area (Å²) < 4.78 is 21.6. The third-order valence-corrected chi connectivity index (χ3v) is 4.29. The molecule has 2 rings (SSSR count). The molecule has 0 radical (unpaired) electrons. The number of carbonyl (C=O) groups excluding carboxylic acids is 2. The molecule has 168 valence electrons. The summed E-state index contributed by atoms with van der Waals surface area (Å²) >= 11 is 0. The molecule has 2 aromatic rings. The highest BCUT2D eigenvalue weighted by atomic mass is 16.7. The zero-order chi connectivity index (χ0) is 23.4. The number of para-hydroxylation sites is 2. The molecule has 6 heteroatoms. The minimum Gasteiger partial charge on any atom is -0.428 e. The Hall–Kier alpha value is -3.02. The van der Waals surface area contributed by atoms with Crippen molar-refractivity contribution in [2.75, 3.05) is 0 Å². The number of ether oxygens (including phenoxy) is 4. The normalized spacial score (nSPS) is 12.1. The van der Waals surface area contributed by atoms with Gasteiger partial charge in [0.2, 0.25) is 0 Å². The zero-order valence-corrected chi connectivity index (χ0v) is 19.6. The van der Waals surface area contributed by atoms with Crippen LogP contribution < -0.4 is 9.47 Å². The summed E-state index contributed by atoms with van der Waals surface area (Å²) in [6.07, 6.45) is -1.57. The molecule has 0 aliphatic carbocycles. The lowest BCUT2D eigenvalue weighted by molar-refractivity contribution is 0.0193. The molecule has 0 saturated heterocycles. The molecule has 0 aromatic heterocycles. The lowest BCUT2D eigenvalue weighted by Gasteiger charge is -2.29. The van der Waals surface area contributed by atoms with E-state index in [4.69, 9.17) is 18.9 Å². The molecule has 0 bridgehead atoms.